The number of aliphatic hydroxyl groups is 2. The van der Waals surface area contributed by atoms with E-state index in [-0.39, 0.29) is 0 Å². The smallest absolute Gasteiger partial charge is 0.112 e. The van der Waals surface area contributed by atoms with Gasteiger partial charge in [0.15, 0.2) is 0 Å². The van der Waals surface area contributed by atoms with Gasteiger partial charge in [0.05, 0.1) is 10.7 Å². The van der Waals surface area contributed by atoms with E-state index in [0.717, 1.165) is 0 Å². The van der Waals surface area contributed by atoms with Crippen LogP contribution < -0.4 is 0 Å². The number of halogens is 1. The Morgan fingerprint density at radius 2 is 2.15 bits per heavy atom. The number of nitrogens with zero attached hydrogens (tertiary/aromatic N) is 1. The highest BCUT2D eigenvalue weighted by atomic mass is 35.5. The second-order valence-electron chi connectivity index (χ2n) is 2.89. The summed E-state index contributed by atoms with van der Waals surface area (Å²) in [4.78, 5) is 4.02. The van der Waals surface area contributed by atoms with Gasteiger partial charge in [-0.25, -0.2) is 0 Å². The predicted molar refractivity (Wildman–Crippen MR) is 49.2 cm³/mol. The normalized spacial score (nSPS) is 25.8. The van der Waals surface area contributed by atoms with Gasteiger partial charge in [0, 0.05) is 11.8 Å². The summed E-state index contributed by atoms with van der Waals surface area (Å²) in [6.45, 7) is 0. The zero-order valence-corrected chi connectivity index (χ0v) is 7.44. The molecule has 1 aromatic heterocycles. The van der Waals surface area contributed by atoms with Gasteiger partial charge in [0.25, 0.3) is 0 Å². The Morgan fingerprint density at radius 1 is 1.38 bits per heavy atom. The first kappa shape index (κ1) is 8.69. The first-order chi connectivity index (χ1) is 6.20. The lowest BCUT2D eigenvalue weighted by molar-refractivity contribution is 0.0467. The van der Waals surface area contributed by atoms with E-state index >= 15 is 0 Å². The Morgan fingerprint density at radius 3 is 2.92 bits per heavy atom. The number of rotatable bonds is 0. The Kier molecular flexibility index (Phi) is 2.07. The lowest BCUT2D eigenvalue weighted by atomic mass is 9.97. The summed E-state index contributed by atoms with van der Waals surface area (Å²) in [6, 6.07) is 1.59. The van der Waals surface area contributed by atoms with Gasteiger partial charge < -0.3 is 10.2 Å². The topological polar surface area (TPSA) is 53.4 Å². The summed E-state index contributed by atoms with van der Waals surface area (Å²) in [6.07, 6.45) is 2.85. The Bertz CT molecular complexity index is 365. The third kappa shape index (κ3) is 1.35. The fraction of sp³-hybridized carbons (Fsp3) is 0.222. The van der Waals surface area contributed by atoms with Gasteiger partial charge in [-0.15, -0.1) is 0 Å². The van der Waals surface area contributed by atoms with E-state index in [4.69, 9.17) is 11.6 Å². The molecule has 1 heterocycles. The van der Waals surface area contributed by atoms with Crippen molar-refractivity contribution in [2.24, 2.45) is 0 Å². The zero-order valence-electron chi connectivity index (χ0n) is 6.68. The monoisotopic (exact) mass is 197 g/mol. The Labute approximate surface area is 80.3 Å². The fourth-order valence-electron chi connectivity index (χ4n) is 1.36. The molecule has 68 valence electrons. The molecule has 1 aliphatic rings. The van der Waals surface area contributed by atoms with Crippen molar-refractivity contribution in [3.05, 3.63) is 34.6 Å². The number of aromatic nitrogens is 1. The summed E-state index contributed by atoms with van der Waals surface area (Å²) < 4.78 is 0. The number of hydrogen-bond donors (Lipinski definition) is 2. The van der Waals surface area contributed by atoms with Crippen molar-refractivity contribution in [3.63, 3.8) is 0 Å². The van der Waals surface area contributed by atoms with Crippen LogP contribution in [0.3, 0.4) is 0 Å². The van der Waals surface area contributed by atoms with Gasteiger partial charge in [0.1, 0.15) is 12.2 Å². The van der Waals surface area contributed by atoms with Crippen LogP contribution in [0.5, 0.6) is 0 Å². The van der Waals surface area contributed by atoms with Crippen molar-refractivity contribution >= 4 is 17.7 Å². The van der Waals surface area contributed by atoms with E-state index in [2.05, 4.69) is 4.98 Å². The summed E-state index contributed by atoms with van der Waals surface area (Å²) in [5.41, 5.74) is 1.12. The van der Waals surface area contributed by atoms with Crippen LogP contribution in [0.2, 0.25) is 5.02 Å². The van der Waals surface area contributed by atoms with Gasteiger partial charge in [-0.1, -0.05) is 17.7 Å². The molecule has 0 saturated heterocycles. The van der Waals surface area contributed by atoms with Gasteiger partial charge in [0.2, 0.25) is 0 Å². The molecule has 0 aromatic carbocycles. The molecule has 2 N–H and O–H groups in total. The van der Waals surface area contributed by atoms with Crippen molar-refractivity contribution in [1.82, 2.24) is 4.98 Å². The van der Waals surface area contributed by atoms with E-state index in [9.17, 15) is 10.2 Å². The molecule has 0 amide bonds. The average molecular weight is 198 g/mol. The summed E-state index contributed by atoms with van der Waals surface area (Å²) in [5, 5.41) is 19.3. The van der Waals surface area contributed by atoms with E-state index in [1.807, 2.05) is 0 Å². The number of pyridine rings is 1. The quantitative estimate of drug-likeness (QED) is 0.656. The van der Waals surface area contributed by atoms with Gasteiger partial charge >= 0.3 is 0 Å². The van der Waals surface area contributed by atoms with E-state index < -0.39 is 12.2 Å². The molecule has 2 atom stereocenters. The predicted octanol–water partition coefficient (Wildman–Crippen LogP) is 1.16. The molecule has 0 fully saturated rings. The molecule has 3 nitrogen and oxygen atoms in total. The standard InChI is InChI=1S/C9H8ClNO2/c10-5-3-4-11-6-1-2-7(12)9(13)8(5)6/h1-4,7,9,12-13H. The number of hydrogen-bond acceptors (Lipinski definition) is 3. The van der Waals surface area contributed by atoms with Crippen molar-refractivity contribution in [2.75, 3.05) is 0 Å². The molecule has 2 rings (SSSR count). The minimum absolute atomic E-state index is 0.431. The highest BCUT2D eigenvalue weighted by Crippen LogP contribution is 2.31. The van der Waals surface area contributed by atoms with Crippen LogP contribution in [0.1, 0.15) is 17.4 Å². The van der Waals surface area contributed by atoms with Crippen LogP contribution in [0.4, 0.5) is 0 Å². The van der Waals surface area contributed by atoms with E-state index in [1.165, 1.54) is 6.08 Å². The molecule has 2 unspecified atom stereocenters. The molecular formula is C9H8ClNO2. The average Bonchev–Trinajstić information content (AvgIpc) is 2.12. The van der Waals surface area contributed by atoms with Gasteiger partial charge in [-0.2, -0.15) is 0 Å². The second-order valence-corrected chi connectivity index (χ2v) is 3.29. The number of fused-ring (bicyclic) bond motifs is 1. The van der Waals surface area contributed by atoms with Crippen LogP contribution >= 0.6 is 11.6 Å². The van der Waals surface area contributed by atoms with Gasteiger partial charge in [-0.3, -0.25) is 4.98 Å². The van der Waals surface area contributed by atoms with E-state index in [1.54, 1.807) is 18.3 Å². The fourth-order valence-corrected chi connectivity index (χ4v) is 1.62. The summed E-state index contributed by atoms with van der Waals surface area (Å²) >= 11 is 5.86. The first-order valence-corrected chi connectivity index (χ1v) is 4.26. The zero-order chi connectivity index (χ0) is 9.42. The molecule has 1 aliphatic carbocycles. The van der Waals surface area contributed by atoms with Crippen LogP contribution in [0.25, 0.3) is 6.08 Å². The van der Waals surface area contributed by atoms with Crippen LogP contribution in [-0.4, -0.2) is 21.3 Å². The molecule has 0 bridgehead atoms. The first-order valence-electron chi connectivity index (χ1n) is 3.89. The molecule has 0 saturated carbocycles. The van der Waals surface area contributed by atoms with Crippen molar-refractivity contribution in [3.8, 4) is 0 Å². The number of aliphatic hydroxyl groups excluding tert-OH is 2. The molecule has 13 heavy (non-hydrogen) atoms. The highest BCUT2D eigenvalue weighted by molar-refractivity contribution is 6.31. The summed E-state index contributed by atoms with van der Waals surface area (Å²) in [7, 11) is 0. The lowest BCUT2D eigenvalue weighted by Gasteiger charge is -2.21. The maximum Gasteiger partial charge on any atom is 0.112 e. The van der Waals surface area contributed by atoms with Crippen molar-refractivity contribution < 1.29 is 10.2 Å². The Balaban J connectivity index is 2.60. The van der Waals surface area contributed by atoms with Crippen LogP contribution in [-0.2, 0) is 0 Å². The molecule has 4 heteroatoms. The molecule has 0 spiro atoms. The SMILES string of the molecule is OC1C=Cc2nccc(Cl)c2C1O. The minimum Gasteiger partial charge on any atom is -0.386 e. The third-order valence-electron chi connectivity index (χ3n) is 2.04. The summed E-state index contributed by atoms with van der Waals surface area (Å²) in [5.74, 6) is 0. The maximum atomic E-state index is 9.59. The van der Waals surface area contributed by atoms with E-state index in [0.29, 0.717) is 16.3 Å². The van der Waals surface area contributed by atoms with Gasteiger partial charge in [-0.05, 0) is 12.1 Å². The molecule has 0 radical (unpaired) electrons. The molecular weight excluding hydrogens is 190 g/mol. The largest absolute Gasteiger partial charge is 0.386 e. The Hall–Kier alpha value is -0.900. The van der Waals surface area contributed by atoms with Crippen LogP contribution in [0.15, 0.2) is 18.3 Å². The lowest BCUT2D eigenvalue weighted by Crippen LogP contribution is -2.20. The molecule has 1 aromatic rings. The van der Waals surface area contributed by atoms with Crippen LogP contribution in [0, 0.1) is 0 Å². The second kappa shape index (κ2) is 3.10. The highest BCUT2D eigenvalue weighted by Gasteiger charge is 2.25. The molecule has 0 aliphatic heterocycles. The minimum atomic E-state index is -0.971. The van der Waals surface area contributed by atoms with Crippen molar-refractivity contribution in [2.45, 2.75) is 12.2 Å². The third-order valence-corrected chi connectivity index (χ3v) is 2.37. The maximum absolute atomic E-state index is 9.59. The van der Waals surface area contributed by atoms with Crippen molar-refractivity contribution in [1.29, 1.82) is 0 Å².